The van der Waals surface area contributed by atoms with Crippen LogP contribution in [0.5, 0.6) is 17.2 Å². The van der Waals surface area contributed by atoms with Crippen molar-refractivity contribution in [3.05, 3.63) is 102 Å². The predicted molar refractivity (Wildman–Crippen MR) is 125 cm³/mol. The van der Waals surface area contributed by atoms with Crippen LogP contribution in [-0.4, -0.2) is 63.3 Å². The van der Waals surface area contributed by atoms with Gasteiger partial charge in [-0.1, -0.05) is 0 Å². The Morgan fingerprint density at radius 2 is 0.659 bits per heavy atom. The summed E-state index contributed by atoms with van der Waals surface area (Å²) < 4.78 is 0. The standard InChI is InChI=1S/3C7H5NO5.2Sm/c3*9-6-2-4(7(10)11)1-5(3-6)8(12)13;;/h3*1-3,9H,(H,10,11);;. The summed E-state index contributed by atoms with van der Waals surface area (Å²) in [5.74, 6) is -5.28. The predicted octanol–water partition coefficient (Wildman–Crippen LogP) is 3.00. The summed E-state index contributed by atoms with van der Waals surface area (Å²) in [4.78, 5) is 59.6. The maximum absolute atomic E-state index is 10.4. The number of phenols is 3. The van der Waals surface area contributed by atoms with Crippen molar-refractivity contribution in [2.75, 3.05) is 0 Å². The van der Waals surface area contributed by atoms with E-state index in [1.807, 2.05) is 0 Å². The zero-order chi connectivity index (χ0) is 30.0. The molecule has 0 fully saturated rings. The molecule has 3 aromatic carbocycles. The van der Waals surface area contributed by atoms with Crippen molar-refractivity contribution in [1.29, 1.82) is 0 Å². The van der Waals surface area contributed by atoms with Gasteiger partial charge in [-0.3, -0.25) is 30.3 Å². The SMILES string of the molecule is O=C(O)c1cc(O)cc([N+](=O)[O-])c1.O=C(O)c1cc(O)cc([N+](=O)[O-])c1.O=C(O)c1cc(O)cc([N+](=O)[O-])c1.[Sm].[Sm]. The van der Waals surface area contributed by atoms with Crippen LogP contribution in [0.4, 0.5) is 17.1 Å². The Morgan fingerprint density at radius 1 is 0.463 bits per heavy atom. The Morgan fingerprint density at radius 3 is 0.805 bits per heavy atom. The fourth-order valence-electron chi connectivity index (χ4n) is 2.47. The average Bonchev–Trinajstić information content (AvgIpc) is 2.83. The second-order valence-corrected chi connectivity index (χ2v) is 6.90. The van der Waals surface area contributed by atoms with E-state index < -0.39 is 67.0 Å². The molecule has 0 bridgehead atoms. The molecule has 0 aliphatic carbocycles. The molecule has 3 rings (SSSR count). The van der Waals surface area contributed by atoms with E-state index in [1.54, 1.807) is 0 Å². The van der Waals surface area contributed by atoms with Crippen LogP contribution >= 0.6 is 0 Å². The molecule has 0 atom stereocenters. The monoisotopic (exact) mass is 853 g/mol. The summed E-state index contributed by atoms with van der Waals surface area (Å²) in [5.41, 5.74) is -2.28. The van der Waals surface area contributed by atoms with Crippen molar-refractivity contribution in [3.63, 3.8) is 0 Å². The molecule has 0 saturated heterocycles. The number of non-ortho nitro benzene ring substituents is 3. The number of nitrogens with zero attached hydrogens (tertiary/aromatic N) is 3. The summed E-state index contributed by atoms with van der Waals surface area (Å²) in [6.45, 7) is 0. The Bertz CT molecular complexity index is 1210. The topological polar surface area (TPSA) is 302 Å². The second kappa shape index (κ2) is 17.9. The van der Waals surface area contributed by atoms with E-state index in [9.17, 15) is 44.7 Å². The molecule has 0 saturated carbocycles. The van der Waals surface area contributed by atoms with Crippen LogP contribution in [0.25, 0.3) is 0 Å². The van der Waals surface area contributed by atoms with E-state index in [1.165, 1.54) is 0 Å². The van der Waals surface area contributed by atoms with E-state index in [0.29, 0.717) is 0 Å². The Kier molecular flexibility index (Phi) is 17.3. The van der Waals surface area contributed by atoms with Crippen molar-refractivity contribution in [1.82, 2.24) is 0 Å². The molecule has 216 valence electrons. The van der Waals surface area contributed by atoms with Crippen molar-refractivity contribution < 1.29 is 141 Å². The van der Waals surface area contributed by atoms with Crippen LogP contribution in [0.15, 0.2) is 54.6 Å². The minimum Gasteiger partial charge on any atom is -0.508 e. The fraction of sp³-hybridized carbons (Fsp3) is 0. The van der Waals surface area contributed by atoms with E-state index in [0.717, 1.165) is 54.6 Å². The number of hydrogen-bond donors (Lipinski definition) is 6. The summed E-state index contributed by atoms with van der Waals surface area (Å²) in [6.07, 6.45) is 0. The molecular weight excluding hydrogens is 835 g/mol. The zero-order valence-electron chi connectivity index (χ0n) is 19.7. The number of rotatable bonds is 6. The van der Waals surface area contributed by atoms with Crippen molar-refractivity contribution >= 4 is 35.0 Å². The first kappa shape index (κ1) is 39.5. The number of phenolic OH excluding ortho intramolecular Hbond substituents is 3. The molecule has 0 unspecified atom stereocenters. The fourth-order valence-corrected chi connectivity index (χ4v) is 2.47. The van der Waals surface area contributed by atoms with Crippen LogP contribution in [0, 0.1) is 111 Å². The third-order valence-electron chi connectivity index (χ3n) is 4.08. The molecule has 0 amide bonds. The largest absolute Gasteiger partial charge is 0.508 e. The first-order valence-electron chi connectivity index (χ1n) is 9.67. The first-order valence-corrected chi connectivity index (χ1v) is 9.67. The van der Waals surface area contributed by atoms with Crippen LogP contribution in [-0.2, 0) is 0 Å². The van der Waals surface area contributed by atoms with Gasteiger partial charge in [-0.15, -0.1) is 0 Å². The molecule has 0 aliphatic rings. The third kappa shape index (κ3) is 13.5. The number of nitro benzene ring substituents is 3. The van der Waals surface area contributed by atoms with E-state index >= 15 is 0 Å². The second-order valence-electron chi connectivity index (χ2n) is 6.90. The average molecular weight is 850 g/mol. The quantitative estimate of drug-likeness (QED) is 0.153. The van der Waals surface area contributed by atoms with Gasteiger partial charge in [0.2, 0.25) is 0 Å². The van der Waals surface area contributed by atoms with Gasteiger partial charge in [0.05, 0.1) is 49.7 Å². The Hall–Kier alpha value is -3.65. The number of aromatic hydroxyl groups is 3. The van der Waals surface area contributed by atoms with Gasteiger partial charge in [0.15, 0.2) is 0 Å². The molecular formula is C21H15N3O15Sm2. The minimum atomic E-state index is -1.32. The van der Waals surface area contributed by atoms with Gasteiger partial charge in [0.25, 0.3) is 17.1 Å². The number of carbonyl (C=O) groups is 3. The van der Waals surface area contributed by atoms with Crippen LogP contribution < -0.4 is 0 Å². The van der Waals surface area contributed by atoms with Gasteiger partial charge in [0, 0.05) is 99.0 Å². The van der Waals surface area contributed by atoms with Crippen LogP contribution in [0.1, 0.15) is 31.1 Å². The Labute approximate surface area is 291 Å². The molecule has 3 aromatic rings. The van der Waals surface area contributed by atoms with Gasteiger partial charge >= 0.3 is 17.9 Å². The van der Waals surface area contributed by atoms with E-state index in [4.69, 9.17) is 30.6 Å². The number of benzene rings is 3. The summed E-state index contributed by atoms with van der Waals surface area (Å²) in [5, 5.41) is 82.9. The van der Waals surface area contributed by atoms with Gasteiger partial charge in [-0.2, -0.15) is 0 Å². The summed E-state index contributed by atoms with van der Waals surface area (Å²) in [7, 11) is 0. The first-order chi connectivity index (χ1) is 18.0. The van der Waals surface area contributed by atoms with Gasteiger partial charge < -0.3 is 30.6 Å². The molecule has 0 heterocycles. The number of carboxylic acid groups (broad SMARTS) is 3. The number of nitro groups is 3. The third-order valence-corrected chi connectivity index (χ3v) is 4.08. The van der Waals surface area contributed by atoms with Gasteiger partial charge in [0.1, 0.15) is 17.2 Å². The molecule has 0 aliphatic heterocycles. The number of carboxylic acids is 3. The maximum atomic E-state index is 10.4. The van der Waals surface area contributed by atoms with Crippen LogP contribution in [0.2, 0.25) is 0 Å². The summed E-state index contributed by atoms with van der Waals surface area (Å²) in [6, 6.07) is 8.09. The smallest absolute Gasteiger partial charge is 0.336 e. The van der Waals surface area contributed by atoms with Crippen molar-refractivity contribution in [2.45, 2.75) is 0 Å². The van der Waals surface area contributed by atoms with Crippen LogP contribution in [0.3, 0.4) is 0 Å². The van der Waals surface area contributed by atoms with E-state index in [-0.39, 0.29) is 97.5 Å². The zero-order valence-corrected chi connectivity index (χ0v) is 25.0. The van der Waals surface area contributed by atoms with Crippen molar-refractivity contribution in [2.24, 2.45) is 0 Å². The molecule has 6 N–H and O–H groups in total. The van der Waals surface area contributed by atoms with Gasteiger partial charge in [-0.25, -0.2) is 14.4 Å². The molecule has 18 nitrogen and oxygen atoms in total. The number of aromatic carboxylic acids is 3. The molecule has 0 radical (unpaired) electrons. The van der Waals surface area contributed by atoms with Gasteiger partial charge in [-0.05, 0) is 18.2 Å². The maximum Gasteiger partial charge on any atom is 0.336 e. The molecule has 0 aromatic heterocycles. The van der Waals surface area contributed by atoms with E-state index in [2.05, 4.69) is 0 Å². The molecule has 41 heavy (non-hydrogen) atoms. The summed E-state index contributed by atoms with van der Waals surface area (Å²) >= 11 is 0. The normalized spacial score (nSPS) is 9.07. The Balaban J connectivity index is 0. The molecule has 0 spiro atoms. The number of hydrogen-bond acceptors (Lipinski definition) is 12. The minimum absolute atomic E-state index is 0. The van der Waals surface area contributed by atoms with Crippen molar-refractivity contribution in [3.8, 4) is 17.2 Å². The molecule has 20 heteroatoms.